The Bertz CT molecular complexity index is 235. The van der Waals surface area contributed by atoms with Crippen molar-refractivity contribution in [1.29, 1.82) is 0 Å². The molecular weight excluding hydrogens is 238 g/mol. The molecule has 2 unspecified atom stereocenters. The van der Waals surface area contributed by atoms with E-state index in [0.29, 0.717) is 5.41 Å². The van der Waals surface area contributed by atoms with Crippen molar-refractivity contribution >= 4 is 12.6 Å². The number of hydrogen-bond donors (Lipinski definition) is 1. The third-order valence-electron chi connectivity index (χ3n) is 5.26. The zero-order valence-electron chi connectivity index (χ0n) is 12.3. The molecule has 18 heavy (non-hydrogen) atoms. The van der Waals surface area contributed by atoms with Gasteiger partial charge in [-0.05, 0) is 48.7 Å². The lowest BCUT2D eigenvalue weighted by molar-refractivity contribution is 0.161. The molecule has 1 nitrogen and oxygen atoms in total. The molecule has 0 N–H and O–H groups in total. The van der Waals surface area contributed by atoms with Crippen LogP contribution in [0.2, 0.25) is 0 Å². The Morgan fingerprint density at radius 3 is 2.06 bits per heavy atom. The van der Waals surface area contributed by atoms with E-state index in [1.165, 1.54) is 64.6 Å². The van der Waals surface area contributed by atoms with Crippen LogP contribution in [0.1, 0.15) is 58.8 Å². The fourth-order valence-corrected chi connectivity index (χ4v) is 4.90. The van der Waals surface area contributed by atoms with E-state index < -0.39 is 0 Å². The molecule has 0 aromatic carbocycles. The van der Waals surface area contributed by atoms with Gasteiger partial charge in [-0.25, -0.2) is 0 Å². The summed E-state index contributed by atoms with van der Waals surface area (Å²) in [6.45, 7) is 8.73. The minimum atomic E-state index is 0.491. The fraction of sp³-hybridized carbons (Fsp3) is 1.00. The highest BCUT2D eigenvalue weighted by atomic mass is 32.1. The van der Waals surface area contributed by atoms with Crippen molar-refractivity contribution in [1.82, 2.24) is 4.90 Å². The van der Waals surface area contributed by atoms with E-state index in [-0.39, 0.29) is 0 Å². The zero-order valence-corrected chi connectivity index (χ0v) is 13.2. The molecule has 0 aromatic rings. The fourth-order valence-electron chi connectivity index (χ4n) is 4.49. The van der Waals surface area contributed by atoms with Gasteiger partial charge in [0.2, 0.25) is 0 Å². The maximum atomic E-state index is 4.70. The zero-order chi connectivity index (χ0) is 13.0. The van der Waals surface area contributed by atoms with Gasteiger partial charge in [0, 0.05) is 19.6 Å². The Balaban J connectivity index is 1.92. The van der Waals surface area contributed by atoms with Crippen LogP contribution in [0.25, 0.3) is 0 Å². The standard InChI is InChI=1S/C16H31NS/c1-3-8-16(13-18,9-4-2)12-17-10-14-6-5-7-15(14)11-17/h14-15,18H,3-13H2,1-2H3. The van der Waals surface area contributed by atoms with Crippen molar-refractivity contribution < 1.29 is 0 Å². The first-order valence-electron chi connectivity index (χ1n) is 8.06. The van der Waals surface area contributed by atoms with E-state index in [1.807, 2.05) is 0 Å². The topological polar surface area (TPSA) is 3.24 Å². The lowest BCUT2D eigenvalue weighted by Crippen LogP contribution is -2.38. The summed E-state index contributed by atoms with van der Waals surface area (Å²) in [5.74, 6) is 3.14. The molecule has 1 saturated carbocycles. The summed E-state index contributed by atoms with van der Waals surface area (Å²) in [5.41, 5.74) is 0.491. The third kappa shape index (κ3) is 3.25. The van der Waals surface area contributed by atoms with Crippen LogP contribution in [-0.4, -0.2) is 30.3 Å². The van der Waals surface area contributed by atoms with Crippen LogP contribution in [0, 0.1) is 17.3 Å². The highest BCUT2D eigenvalue weighted by Crippen LogP contribution is 2.40. The Hall–Kier alpha value is 0.310. The third-order valence-corrected chi connectivity index (χ3v) is 5.93. The number of likely N-dealkylation sites (tertiary alicyclic amines) is 1. The van der Waals surface area contributed by atoms with Gasteiger partial charge < -0.3 is 4.90 Å². The Labute approximate surface area is 119 Å². The van der Waals surface area contributed by atoms with Gasteiger partial charge in [-0.2, -0.15) is 12.6 Å². The molecule has 0 radical (unpaired) electrons. The molecule has 1 saturated heterocycles. The van der Waals surface area contributed by atoms with Crippen LogP contribution >= 0.6 is 12.6 Å². The number of fused-ring (bicyclic) bond motifs is 1. The van der Waals surface area contributed by atoms with E-state index in [9.17, 15) is 0 Å². The molecular formula is C16H31NS. The van der Waals surface area contributed by atoms with Crippen molar-refractivity contribution in [2.75, 3.05) is 25.4 Å². The first kappa shape index (κ1) is 14.7. The predicted molar refractivity (Wildman–Crippen MR) is 83.4 cm³/mol. The molecule has 0 aromatic heterocycles. The van der Waals surface area contributed by atoms with Gasteiger partial charge in [0.05, 0.1) is 0 Å². The normalized spacial score (nSPS) is 28.8. The number of rotatable bonds is 7. The van der Waals surface area contributed by atoms with Crippen LogP contribution in [0.3, 0.4) is 0 Å². The van der Waals surface area contributed by atoms with E-state index in [0.717, 1.165) is 17.6 Å². The number of nitrogens with zero attached hydrogens (tertiary/aromatic N) is 1. The van der Waals surface area contributed by atoms with Gasteiger partial charge in [-0.1, -0.05) is 33.1 Å². The molecule has 2 atom stereocenters. The molecule has 106 valence electrons. The molecule has 1 aliphatic heterocycles. The second kappa shape index (κ2) is 6.65. The van der Waals surface area contributed by atoms with Crippen molar-refractivity contribution in [2.24, 2.45) is 17.3 Å². The molecule has 1 heterocycles. The van der Waals surface area contributed by atoms with Crippen molar-refractivity contribution in [2.45, 2.75) is 58.8 Å². The quantitative estimate of drug-likeness (QED) is 0.677. The van der Waals surface area contributed by atoms with Crippen LogP contribution in [0.4, 0.5) is 0 Å². The molecule has 2 aliphatic rings. The van der Waals surface area contributed by atoms with Gasteiger partial charge >= 0.3 is 0 Å². The van der Waals surface area contributed by atoms with Gasteiger partial charge in [0.1, 0.15) is 0 Å². The lowest BCUT2D eigenvalue weighted by Gasteiger charge is -2.36. The summed E-state index contributed by atoms with van der Waals surface area (Å²) in [6.07, 6.45) is 9.81. The molecule has 1 aliphatic carbocycles. The van der Waals surface area contributed by atoms with E-state index in [2.05, 4.69) is 18.7 Å². The van der Waals surface area contributed by atoms with Crippen molar-refractivity contribution in [3.05, 3.63) is 0 Å². The average Bonchev–Trinajstić information content (AvgIpc) is 2.90. The highest BCUT2D eigenvalue weighted by Gasteiger charge is 2.39. The van der Waals surface area contributed by atoms with Crippen LogP contribution in [-0.2, 0) is 0 Å². The second-order valence-corrected chi connectivity index (χ2v) is 7.12. The van der Waals surface area contributed by atoms with E-state index >= 15 is 0 Å². The second-order valence-electron chi connectivity index (χ2n) is 6.80. The van der Waals surface area contributed by atoms with Crippen molar-refractivity contribution in [3.63, 3.8) is 0 Å². The summed E-state index contributed by atoms with van der Waals surface area (Å²) in [5, 5.41) is 0. The monoisotopic (exact) mass is 269 g/mol. The molecule has 2 fully saturated rings. The molecule has 2 heteroatoms. The molecule has 0 bridgehead atoms. The van der Waals surface area contributed by atoms with Gasteiger partial charge in [-0.15, -0.1) is 0 Å². The van der Waals surface area contributed by atoms with Crippen LogP contribution < -0.4 is 0 Å². The van der Waals surface area contributed by atoms with Crippen LogP contribution in [0.15, 0.2) is 0 Å². The number of thiol groups is 1. The molecule has 0 spiro atoms. The summed E-state index contributed by atoms with van der Waals surface area (Å²) in [4.78, 5) is 2.77. The predicted octanol–water partition coefficient (Wildman–Crippen LogP) is 4.23. The van der Waals surface area contributed by atoms with Crippen molar-refractivity contribution in [3.8, 4) is 0 Å². The largest absolute Gasteiger partial charge is 0.302 e. The minimum absolute atomic E-state index is 0.491. The van der Waals surface area contributed by atoms with Crippen LogP contribution in [0.5, 0.6) is 0 Å². The summed E-state index contributed by atoms with van der Waals surface area (Å²) < 4.78 is 0. The summed E-state index contributed by atoms with van der Waals surface area (Å²) >= 11 is 4.70. The van der Waals surface area contributed by atoms with Gasteiger partial charge in [0.25, 0.3) is 0 Å². The first-order chi connectivity index (χ1) is 8.73. The smallest absolute Gasteiger partial charge is 0.00460 e. The highest BCUT2D eigenvalue weighted by molar-refractivity contribution is 7.80. The van der Waals surface area contributed by atoms with E-state index in [4.69, 9.17) is 12.6 Å². The Morgan fingerprint density at radius 1 is 1.06 bits per heavy atom. The summed E-state index contributed by atoms with van der Waals surface area (Å²) in [6, 6.07) is 0. The average molecular weight is 269 g/mol. The maximum absolute atomic E-state index is 4.70. The minimum Gasteiger partial charge on any atom is -0.302 e. The first-order valence-corrected chi connectivity index (χ1v) is 8.69. The SMILES string of the molecule is CCCC(CS)(CCC)CN1CC2CCCC2C1. The van der Waals surface area contributed by atoms with Gasteiger partial charge in [-0.3, -0.25) is 0 Å². The van der Waals surface area contributed by atoms with E-state index in [1.54, 1.807) is 0 Å². The Kier molecular flexibility index (Phi) is 5.44. The molecule has 2 rings (SSSR count). The lowest BCUT2D eigenvalue weighted by atomic mass is 9.80. The summed E-state index contributed by atoms with van der Waals surface area (Å²) in [7, 11) is 0. The van der Waals surface area contributed by atoms with Gasteiger partial charge in [0.15, 0.2) is 0 Å². The number of hydrogen-bond acceptors (Lipinski definition) is 2. The maximum Gasteiger partial charge on any atom is 0.00460 e. The Morgan fingerprint density at radius 2 is 1.61 bits per heavy atom. The molecule has 0 amide bonds.